The number of sulfonamides is 1. The largest absolute Gasteiger partial charge is 0.481 e. The van der Waals surface area contributed by atoms with Crippen molar-refractivity contribution in [3.8, 4) is 17.4 Å². The van der Waals surface area contributed by atoms with Crippen LogP contribution in [-0.2, 0) is 16.6 Å². The van der Waals surface area contributed by atoms with Gasteiger partial charge in [0, 0.05) is 99.6 Å². The fraction of sp³-hybridized carbons (Fsp3) is 0.426. The van der Waals surface area contributed by atoms with Gasteiger partial charge in [0.25, 0.3) is 21.6 Å². The molecule has 1 atom stereocenters. The minimum Gasteiger partial charge on any atom is -0.481 e. The zero-order valence-electron chi connectivity index (χ0n) is 41.5. The number of amides is 1. The predicted octanol–water partition coefficient (Wildman–Crippen LogP) is 8.93. The van der Waals surface area contributed by atoms with Crippen molar-refractivity contribution in [2.24, 2.45) is 11.3 Å². The second kappa shape index (κ2) is 20.0. The van der Waals surface area contributed by atoms with Gasteiger partial charge in [0.2, 0.25) is 5.88 Å². The molecule has 2 aliphatic carbocycles. The summed E-state index contributed by atoms with van der Waals surface area (Å²) in [4.78, 5) is 44.1. The molecule has 10 rings (SSSR count). The van der Waals surface area contributed by atoms with Crippen molar-refractivity contribution in [2.75, 3.05) is 56.6 Å². The molecule has 6 aromatic rings. The molecule has 73 heavy (non-hydrogen) atoms. The first-order valence-electron chi connectivity index (χ1n) is 25.0. The number of carbonyl (C=O) groups excluding carboxylic acids is 1. The SMILES string of the molecule is COc1ccc(CN2CCN(C3CC4(C3)CN(c3ccc(C(=O)NS(=O)(=O)c5ccc(NC[C@H]6CC[C@](C)(O)CC6)c([N+](=O)[O-])c5)c(Oc5cnc6[nH]cc(F)c6c5)c3)C4)[C@H](c3ccccc3C(C)C)C2)cn1. The van der Waals surface area contributed by atoms with Crippen LogP contribution < -0.4 is 24.4 Å². The van der Waals surface area contributed by atoms with Gasteiger partial charge in [-0.2, -0.15) is 0 Å². The predicted molar refractivity (Wildman–Crippen MR) is 275 cm³/mol. The Balaban J connectivity index is 0.847. The Labute approximate surface area is 424 Å². The lowest BCUT2D eigenvalue weighted by molar-refractivity contribution is -0.384. The number of fused-ring (bicyclic) bond motifs is 1. The third-order valence-electron chi connectivity index (χ3n) is 15.5. The minimum absolute atomic E-state index is 0.0134. The van der Waals surface area contributed by atoms with Crippen LogP contribution in [0.5, 0.6) is 17.4 Å². The van der Waals surface area contributed by atoms with E-state index in [0.717, 1.165) is 82.3 Å². The standard InChI is InChI=1S/C54H62FN9O8S/c1-34(2)41-7-5-6-8-42(41)48-31-61(30-36-9-14-50(71-4)57-27-36)19-20-63(48)38-24-54(25-38)32-62(33-54)37-10-12-43(49(21-37)72-39-22-44-45(55)29-59-51(44)58-28-39)52(65)60-73(69,70)40-11-13-46(47(23-40)64(67)68)56-26-35-15-17-53(3,66)18-16-35/h5-14,21-23,27-29,34-35,38,48,56,66H,15-20,24-26,30-33H2,1-4H3,(H,58,59)(H,60,65)/t35-,48-,53-/m0/s1. The number of nitro groups is 1. The number of halogens is 1. The molecule has 1 amide bonds. The van der Waals surface area contributed by atoms with Gasteiger partial charge in [-0.3, -0.25) is 24.7 Å². The normalized spacial score (nSPS) is 21.4. The van der Waals surface area contributed by atoms with Gasteiger partial charge in [-0.15, -0.1) is 0 Å². The fourth-order valence-corrected chi connectivity index (χ4v) is 12.4. The Bertz CT molecular complexity index is 3130. The van der Waals surface area contributed by atoms with Crippen LogP contribution in [0.4, 0.5) is 21.5 Å². The number of carbonyl (C=O) groups is 1. The summed E-state index contributed by atoms with van der Waals surface area (Å²) in [6, 6.07) is 23.3. The van der Waals surface area contributed by atoms with Crippen LogP contribution in [0.1, 0.15) is 98.3 Å². The molecule has 2 aliphatic heterocycles. The Morgan fingerprint density at radius 1 is 1.01 bits per heavy atom. The van der Waals surface area contributed by atoms with Crippen molar-refractivity contribution in [1.82, 2.24) is 29.5 Å². The van der Waals surface area contributed by atoms with Crippen LogP contribution in [0, 0.1) is 27.3 Å². The highest BCUT2D eigenvalue weighted by molar-refractivity contribution is 7.90. The molecule has 17 nitrogen and oxygen atoms in total. The first-order chi connectivity index (χ1) is 34.9. The maximum Gasteiger partial charge on any atom is 0.293 e. The van der Waals surface area contributed by atoms with Gasteiger partial charge < -0.3 is 29.8 Å². The molecule has 5 heterocycles. The zero-order chi connectivity index (χ0) is 51.2. The number of pyridine rings is 2. The summed E-state index contributed by atoms with van der Waals surface area (Å²) in [6.45, 7) is 11.8. The maximum atomic E-state index is 14.7. The van der Waals surface area contributed by atoms with E-state index in [1.54, 1.807) is 26.2 Å². The van der Waals surface area contributed by atoms with E-state index in [4.69, 9.17) is 9.47 Å². The maximum absolute atomic E-state index is 14.7. The monoisotopic (exact) mass is 1020 g/mol. The van der Waals surface area contributed by atoms with E-state index in [0.29, 0.717) is 42.9 Å². The summed E-state index contributed by atoms with van der Waals surface area (Å²) < 4.78 is 56.0. The molecule has 0 unspecified atom stereocenters. The van der Waals surface area contributed by atoms with E-state index >= 15 is 0 Å². The first kappa shape index (κ1) is 49.9. The van der Waals surface area contributed by atoms with Gasteiger partial charge in [0.1, 0.15) is 28.7 Å². The number of hydrogen-bond donors (Lipinski definition) is 4. The summed E-state index contributed by atoms with van der Waals surface area (Å²) in [5.74, 6) is -0.290. The third kappa shape index (κ3) is 10.6. The molecular formula is C54H62FN9O8S. The van der Waals surface area contributed by atoms with Crippen LogP contribution in [0.25, 0.3) is 11.0 Å². The molecule has 3 aromatic heterocycles. The van der Waals surface area contributed by atoms with Gasteiger partial charge in [-0.05, 0) is 104 Å². The number of H-pyrrole nitrogens is 1. The van der Waals surface area contributed by atoms with Crippen LogP contribution in [0.2, 0.25) is 0 Å². The summed E-state index contributed by atoms with van der Waals surface area (Å²) in [5.41, 5.74) is 3.86. The Morgan fingerprint density at radius 2 is 1.79 bits per heavy atom. The number of nitro benzene ring substituents is 1. The van der Waals surface area contributed by atoms with Crippen molar-refractivity contribution in [1.29, 1.82) is 0 Å². The molecule has 0 bridgehead atoms. The van der Waals surface area contributed by atoms with E-state index in [1.165, 1.54) is 47.8 Å². The molecule has 0 radical (unpaired) electrons. The highest BCUT2D eigenvalue weighted by Crippen LogP contribution is 2.54. The van der Waals surface area contributed by atoms with Gasteiger partial charge in [-0.25, -0.2) is 27.5 Å². The number of nitrogens with zero attached hydrogens (tertiary/aromatic N) is 6. The van der Waals surface area contributed by atoms with E-state index in [-0.39, 0.29) is 45.5 Å². The number of benzene rings is 3. The van der Waals surface area contributed by atoms with Crippen molar-refractivity contribution < 1.29 is 37.1 Å². The fourth-order valence-electron chi connectivity index (χ4n) is 11.4. The quantitative estimate of drug-likeness (QED) is 0.0528. The number of rotatable bonds is 16. The zero-order valence-corrected chi connectivity index (χ0v) is 42.3. The van der Waals surface area contributed by atoms with Crippen molar-refractivity contribution >= 4 is 44.0 Å². The highest BCUT2D eigenvalue weighted by Gasteiger charge is 2.55. The smallest absolute Gasteiger partial charge is 0.293 e. The van der Waals surface area contributed by atoms with E-state index < -0.39 is 42.9 Å². The lowest BCUT2D eigenvalue weighted by Gasteiger charge is -2.63. The number of anilines is 2. The molecule has 4 fully saturated rings. The number of hydrogen-bond acceptors (Lipinski definition) is 14. The third-order valence-corrected chi connectivity index (χ3v) is 16.8. The number of piperazine rings is 1. The highest BCUT2D eigenvalue weighted by atomic mass is 32.2. The second-order valence-electron chi connectivity index (χ2n) is 21.1. The average Bonchev–Trinajstić information content (AvgIpc) is 3.72. The van der Waals surface area contributed by atoms with E-state index in [9.17, 15) is 32.8 Å². The first-order valence-corrected chi connectivity index (χ1v) is 26.5. The molecule has 4 N–H and O–H groups in total. The lowest BCUT2D eigenvalue weighted by Crippen LogP contribution is -2.68. The Morgan fingerprint density at radius 3 is 2.52 bits per heavy atom. The molecule has 19 heteroatoms. The number of aromatic nitrogens is 3. The summed E-state index contributed by atoms with van der Waals surface area (Å²) in [6.07, 6.45) is 9.23. The topological polar surface area (TPSA) is 208 Å². The van der Waals surface area contributed by atoms with Gasteiger partial charge in [0.05, 0.1) is 39.7 Å². The molecule has 2 saturated carbocycles. The summed E-state index contributed by atoms with van der Waals surface area (Å²) in [5, 5.41) is 25.8. The second-order valence-corrected chi connectivity index (χ2v) is 22.8. The number of aliphatic hydroxyl groups is 1. The molecule has 3 aromatic carbocycles. The van der Waals surface area contributed by atoms with Crippen LogP contribution in [-0.4, -0.2) is 107 Å². The molecular weight excluding hydrogens is 954 g/mol. The number of methoxy groups -OCH3 is 1. The van der Waals surface area contributed by atoms with Crippen molar-refractivity contribution in [3.05, 3.63) is 136 Å². The number of nitrogens with one attached hydrogen (secondary N) is 3. The molecule has 384 valence electrons. The van der Waals surface area contributed by atoms with Crippen LogP contribution in [0.3, 0.4) is 0 Å². The Hall–Kier alpha value is -6.67. The molecule has 4 aliphatic rings. The number of aromatic amines is 1. The van der Waals surface area contributed by atoms with Crippen molar-refractivity contribution in [2.45, 2.75) is 94.3 Å². The average molecular weight is 1020 g/mol. The molecule has 1 spiro atoms. The Kier molecular flexibility index (Phi) is 13.7. The van der Waals surface area contributed by atoms with E-state index in [2.05, 4.69) is 83.9 Å². The number of ether oxygens (including phenoxy) is 2. The van der Waals surface area contributed by atoms with Gasteiger partial charge in [-0.1, -0.05) is 44.2 Å². The van der Waals surface area contributed by atoms with Crippen LogP contribution >= 0.6 is 0 Å². The van der Waals surface area contributed by atoms with Crippen LogP contribution in [0.15, 0.2) is 102 Å². The lowest BCUT2D eigenvalue weighted by atomic mass is 9.59. The van der Waals surface area contributed by atoms with E-state index in [1.807, 2.05) is 12.3 Å². The van der Waals surface area contributed by atoms with Gasteiger partial charge >= 0.3 is 0 Å². The summed E-state index contributed by atoms with van der Waals surface area (Å²) >= 11 is 0. The van der Waals surface area contributed by atoms with Gasteiger partial charge in [0.15, 0.2) is 0 Å². The minimum atomic E-state index is -4.64. The molecule has 2 saturated heterocycles. The summed E-state index contributed by atoms with van der Waals surface area (Å²) in [7, 11) is -3.02. The van der Waals surface area contributed by atoms with Crippen molar-refractivity contribution in [3.63, 3.8) is 0 Å².